The van der Waals surface area contributed by atoms with Crippen LogP contribution in [0.4, 0.5) is 0 Å². The maximum atomic E-state index is 10.8. The summed E-state index contributed by atoms with van der Waals surface area (Å²) in [4.78, 5) is 10.8. The minimum absolute atomic E-state index is 0.286. The van der Waals surface area contributed by atoms with E-state index in [9.17, 15) is 4.79 Å². The van der Waals surface area contributed by atoms with Crippen LogP contribution in [0.15, 0.2) is 24.3 Å². The van der Waals surface area contributed by atoms with E-state index in [1.165, 1.54) is 11.1 Å². The second-order valence-corrected chi connectivity index (χ2v) is 4.45. The van der Waals surface area contributed by atoms with Crippen molar-refractivity contribution in [2.24, 2.45) is 0 Å². The molecule has 96 valence electrons. The van der Waals surface area contributed by atoms with Gasteiger partial charge in [0.25, 0.3) is 0 Å². The molecular weight excluding hydrogens is 208 g/mol. The van der Waals surface area contributed by atoms with Gasteiger partial charge in [0.2, 0.25) is 0 Å². The first-order valence-electron chi connectivity index (χ1n) is 6.68. The SMILES string of the molecule is CC.CC(=O)CCCc1ccc(C(C)C)cc1. The normalized spacial score (nSPS) is 9.76. The Bertz CT molecular complexity index is 309. The molecule has 0 aliphatic heterocycles. The van der Waals surface area contributed by atoms with Gasteiger partial charge in [-0.3, -0.25) is 0 Å². The summed E-state index contributed by atoms with van der Waals surface area (Å²) in [7, 11) is 0. The van der Waals surface area contributed by atoms with Gasteiger partial charge < -0.3 is 4.79 Å². The maximum absolute atomic E-state index is 10.8. The number of rotatable bonds is 5. The Hall–Kier alpha value is -1.11. The highest BCUT2D eigenvalue weighted by molar-refractivity contribution is 5.75. The summed E-state index contributed by atoms with van der Waals surface area (Å²) in [5.41, 5.74) is 2.71. The summed E-state index contributed by atoms with van der Waals surface area (Å²) in [6.45, 7) is 10.1. The third kappa shape index (κ3) is 6.93. The molecular formula is C16H26O. The number of hydrogen-bond donors (Lipinski definition) is 0. The van der Waals surface area contributed by atoms with Crippen LogP contribution >= 0.6 is 0 Å². The van der Waals surface area contributed by atoms with E-state index in [-0.39, 0.29) is 5.78 Å². The largest absolute Gasteiger partial charge is 0.300 e. The van der Waals surface area contributed by atoms with E-state index in [0.717, 1.165) is 12.8 Å². The van der Waals surface area contributed by atoms with E-state index < -0.39 is 0 Å². The molecule has 0 heterocycles. The molecule has 0 aliphatic carbocycles. The Kier molecular flexibility index (Phi) is 8.39. The fourth-order valence-corrected chi connectivity index (χ4v) is 1.61. The van der Waals surface area contributed by atoms with Crippen LogP contribution in [0.2, 0.25) is 0 Å². The van der Waals surface area contributed by atoms with Crippen LogP contribution in [0.3, 0.4) is 0 Å². The number of hydrogen-bond acceptors (Lipinski definition) is 1. The summed E-state index contributed by atoms with van der Waals surface area (Å²) >= 11 is 0. The van der Waals surface area contributed by atoms with Crippen LogP contribution in [0.1, 0.15) is 64.5 Å². The average molecular weight is 234 g/mol. The summed E-state index contributed by atoms with van der Waals surface area (Å²) in [5.74, 6) is 0.880. The molecule has 0 fully saturated rings. The molecule has 1 aromatic rings. The molecule has 0 saturated heterocycles. The highest BCUT2D eigenvalue weighted by Crippen LogP contribution is 2.15. The predicted octanol–water partition coefficient (Wildman–Crippen LogP) is 4.75. The number of aryl methyl sites for hydroxylation is 1. The topological polar surface area (TPSA) is 17.1 Å². The minimum atomic E-state index is 0.286. The monoisotopic (exact) mass is 234 g/mol. The fourth-order valence-electron chi connectivity index (χ4n) is 1.61. The van der Waals surface area contributed by atoms with Gasteiger partial charge in [0.1, 0.15) is 5.78 Å². The molecule has 1 aromatic carbocycles. The molecule has 0 atom stereocenters. The van der Waals surface area contributed by atoms with Crippen LogP contribution in [-0.4, -0.2) is 5.78 Å². The molecule has 1 heteroatoms. The van der Waals surface area contributed by atoms with E-state index in [1.807, 2.05) is 13.8 Å². The van der Waals surface area contributed by atoms with Crippen molar-refractivity contribution in [2.75, 3.05) is 0 Å². The molecule has 1 nitrogen and oxygen atoms in total. The van der Waals surface area contributed by atoms with E-state index in [4.69, 9.17) is 0 Å². The van der Waals surface area contributed by atoms with Gasteiger partial charge in [-0.1, -0.05) is 52.0 Å². The predicted molar refractivity (Wildman–Crippen MR) is 75.5 cm³/mol. The first-order valence-corrected chi connectivity index (χ1v) is 6.68. The van der Waals surface area contributed by atoms with Crippen molar-refractivity contribution in [1.29, 1.82) is 0 Å². The fraction of sp³-hybridized carbons (Fsp3) is 0.562. The number of Topliss-reactive ketones (excluding diaryl/α,β-unsaturated/α-hetero) is 1. The van der Waals surface area contributed by atoms with E-state index in [0.29, 0.717) is 12.3 Å². The molecule has 1 rings (SSSR count). The zero-order valence-electron chi connectivity index (χ0n) is 11.9. The first kappa shape index (κ1) is 15.9. The molecule has 0 spiro atoms. The van der Waals surface area contributed by atoms with Crippen molar-refractivity contribution in [1.82, 2.24) is 0 Å². The van der Waals surface area contributed by atoms with Crippen molar-refractivity contribution >= 4 is 5.78 Å². The van der Waals surface area contributed by atoms with Crippen LogP contribution in [-0.2, 0) is 11.2 Å². The third-order valence-corrected chi connectivity index (χ3v) is 2.64. The van der Waals surface area contributed by atoms with Crippen LogP contribution in [0.25, 0.3) is 0 Å². The summed E-state index contributed by atoms with van der Waals surface area (Å²) in [6.07, 6.45) is 2.68. The molecule has 17 heavy (non-hydrogen) atoms. The highest BCUT2D eigenvalue weighted by atomic mass is 16.1. The summed E-state index contributed by atoms with van der Waals surface area (Å²) < 4.78 is 0. The Labute approximate surface area is 106 Å². The first-order chi connectivity index (χ1) is 8.09. The standard InChI is InChI=1S/C14H20O.C2H6/c1-11(2)14-9-7-13(8-10-14)6-4-5-12(3)15;1-2/h7-11H,4-6H2,1-3H3;1-2H3. The highest BCUT2D eigenvalue weighted by Gasteiger charge is 1.99. The lowest BCUT2D eigenvalue weighted by Crippen LogP contribution is -1.93. The number of carbonyl (C=O) groups is 1. The van der Waals surface area contributed by atoms with Crippen LogP contribution < -0.4 is 0 Å². The van der Waals surface area contributed by atoms with E-state index in [1.54, 1.807) is 6.92 Å². The van der Waals surface area contributed by atoms with Gasteiger partial charge in [-0.15, -0.1) is 0 Å². The molecule has 0 saturated carbocycles. The zero-order valence-corrected chi connectivity index (χ0v) is 11.9. The van der Waals surface area contributed by atoms with Crippen molar-refractivity contribution in [2.45, 2.75) is 59.8 Å². The van der Waals surface area contributed by atoms with Crippen molar-refractivity contribution in [3.05, 3.63) is 35.4 Å². The van der Waals surface area contributed by atoms with Gasteiger partial charge in [0.15, 0.2) is 0 Å². The van der Waals surface area contributed by atoms with Crippen molar-refractivity contribution in [3.8, 4) is 0 Å². The minimum Gasteiger partial charge on any atom is -0.300 e. The van der Waals surface area contributed by atoms with Gasteiger partial charge in [-0.25, -0.2) is 0 Å². The zero-order chi connectivity index (χ0) is 13.3. The number of ketones is 1. The Balaban J connectivity index is 0.00000121. The van der Waals surface area contributed by atoms with Crippen LogP contribution in [0.5, 0.6) is 0 Å². The maximum Gasteiger partial charge on any atom is 0.129 e. The van der Waals surface area contributed by atoms with Crippen molar-refractivity contribution < 1.29 is 4.79 Å². The van der Waals surface area contributed by atoms with Crippen LogP contribution in [0, 0.1) is 0 Å². The second-order valence-electron chi connectivity index (χ2n) is 4.45. The van der Waals surface area contributed by atoms with Crippen molar-refractivity contribution in [3.63, 3.8) is 0 Å². The molecule has 0 aliphatic rings. The van der Waals surface area contributed by atoms with Gasteiger partial charge in [0.05, 0.1) is 0 Å². The summed E-state index contributed by atoms with van der Waals surface area (Å²) in [5, 5.41) is 0. The molecule has 0 N–H and O–H groups in total. The lowest BCUT2D eigenvalue weighted by Gasteiger charge is -2.06. The Morgan fingerprint density at radius 2 is 1.65 bits per heavy atom. The lowest BCUT2D eigenvalue weighted by atomic mass is 10.00. The third-order valence-electron chi connectivity index (χ3n) is 2.64. The molecule has 0 radical (unpaired) electrons. The van der Waals surface area contributed by atoms with E-state index in [2.05, 4.69) is 38.1 Å². The van der Waals surface area contributed by atoms with Gasteiger partial charge in [-0.05, 0) is 36.8 Å². The Morgan fingerprint density at radius 3 is 2.06 bits per heavy atom. The molecule has 0 amide bonds. The second kappa shape index (κ2) is 8.98. The van der Waals surface area contributed by atoms with Gasteiger partial charge >= 0.3 is 0 Å². The van der Waals surface area contributed by atoms with E-state index >= 15 is 0 Å². The molecule has 0 aromatic heterocycles. The Morgan fingerprint density at radius 1 is 1.12 bits per heavy atom. The molecule has 0 unspecified atom stereocenters. The van der Waals surface area contributed by atoms with Gasteiger partial charge in [-0.2, -0.15) is 0 Å². The lowest BCUT2D eigenvalue weighted by molar-refractivity contribution is -0.117. The summed E-state index contributed by atoms with van der Waals surface area (Å²) in [6, 6.07) is 8.73. The van der Waals surface area contributed by atoms with Gasteiger partial charge in [0, 0.05) is 6.42 Å². The molecule has 0 bridgehead atoms. The smallest absolute Gasteiger partial charge is 0.129 e. The number of carbonyl (C=O) groups excluding carboxylic acids is 1. The average Bonchev–Trinajstić information content (AvgIpc) is 2.32. The number of benzene rings is 1. The quantitative estimate of drug-likeness (QED) is 0.718.